The monoisotopic (exact) mass is 400 g/mol. The largest absolute Gasteiger partial charge is 0.350 e. The molecular formula is C25H21FN2O2. The summed E-state index contributed by atoms with van der Waals surface area (Å²) in [6.45, 7) is 0.720. The molecular weight excluding hydrogens is 379 g/mol. The van der Waals surface area contributed by atoms with Crippen LogP contribution in [0.3, 0.4) is 0 Å². The van der Waals surface area contributed by atoms with Gasteiger partial charge in [0.15, 0.2) is 0 Å². The van der Waals surface area contributed by atoms with Crippen molar-refractivity contribution >= 4 is 16.8 Å². The van der Waals surface area contributed by atoms with Crippen LogP contribution in [-0.2, 0) is 20.1 Å². The minimum absolute atomic E-state index is 0.0301. The average Bonchev–Trinajstić information content (AvgIpc) is 2.76. The second-order valence-corrected chi connectivity index (χ2v) is 7.28. The van der Waals surface area contributed by atoms with Gasteiger partial charge in [-0.05, 0) is 29.3 Å². The fraction of sp³-hybridized carbons (Fsp3) is 0.120. The number of rotatable bonds is 5. The standard InChI is InChI=1S/C25H21FN2O2/c1-27-17-22(24(29)21-14-20(26)12-13-23(21)27)25(30)28(15-18-8-4-2-5-9-18)16-19-10-6-3-7-11-19/h2-14,17H,15-16H2,1H3. The number of hydrogen-bond donors (Lipinski definition) is 0. The van der Waals surface area contributed by atoms with Crippen LogP contribution in [-0.4, -0.2) is 15.4 Å². The van der Waals surface area contributed by atoms with E-state index in [2.05, 4.69) is 0 Å². The fourth-order valence-electron chi connectivity index (χ4n) is 3.59. The van der Waals surface area contributed by atoms with E-state index in [1.165, 1.54) is 18.3 Å². The highest BCUT2D eigenvalue weighted by molar-refractivity contribution is 5.97. The molecule has 0 N–H and O–H groups in total. The first-order chi connectivity index (χ1) is 14.5. The predicted octanol–water partition coefficient (Wildman–Crippen LogP) is 4.52. The average molecular weight is 400 g/mol. The van der Waals surface area contributed by atoms with E-state index < -0.39 is 11.2 Å². The van der Waals surface area contributed by atoms with Crippen LogP contribution in [0.1, 0.15) is 21.5 Å². The number of carbonyl (C=O) groups is 1. The fourth-order valence-corrected chi connectivity index (χ4v) is 3.59. The first kappa shape index (κ1) is 19.6. The van der Waals surface area contributed by atoms with Gasteiger partial charge < -0.3 is 9.47 Å². The van der Waals surface area contributed by atoms with Crippen LogP contribution in [0, 0.1) is 5.82 Å². The van der Waals surface area contributed by atoms with Gasteiger partial charge in [-0.2, -0.15) is 0 Å². The molecule has 0 unspecified atom stereocenters. The van der Waals surface area contributed by atoms with Crippen molar-refractivity contribution in [1.29, 1.82) is 0 Å². The molecule has 0 spiro atoms. The molecule has 0 radical (unpaired) electrons. The first-order valence-electron chi connectivity index (χ1n) is 9.69. The van der Waals surface area contributed by atoms with Crippen LogP contribution in [0.25, 0.3) is 10.9 Å². The molecule has 0 aliphatic rings. The third kappa shape index (κ3) is 4.01. The molecule has 1 amide bonds. The Kier molecular flexibility index (Phi) is 5.44. The van der Waals surface area contributed by atoms with E-state index in [1.54, 1.807) is 22.6 Å². The molecule has 0 fully saturated rings. The molecule has 150 valence electrons. The summed E-state index contributed by atoms with van der Waals surface area (Å²) < 4.78 is 15.5. The lowest BCUT2D eigenvalue weighted by atomic mass is 10.1. The number of hydrogen-bond acceptors (Lipinski definition) is 2. The van der Waals surface area contributed by atoms with Gasteiger partial charge in [0.2, 0.25) is 5.43 Å². The maximum absolute atomic E-state index is 13.8. The van der Waals surface area contributed by atoms with E-state index in [-0.39, 0.29) is 16.9 Å². The molecule has 0 atom stereocenters. The van der Waals surface area contributed by atoms with Gasteiger partial charge in [0.1, 0.15) is 11.4 Å². The highest BCUT2D eigenvalue weighted by Crippen LogP contribution is 2.17. The zero-order valence-electron chi connectivity index (χ0n) is 16.6. The van der Waals surface area contributed by atoms with Gasteiger partial charge in [-0.15, -0.1) is 0 Å². The van der Waals surface area contributed by atoms with Gasteiger partial charge >= 0.3 is 0 Å². The van der Waals surface area contributed by atoms with E-state index in [9.17, 15) is 14.0 Å². The normalized spacial score (nSPS) is 10.9. The summed E-state index contributed by atoms with van der Waals surface area (Å²) >= 11 is 0. The zero-order chi connectivity index (χ0) is 21.1. The molecule has 3 aromatic carbocycles. The molecule has 0 bridgehead atoms. The Bertz CT molecular complexity index is 1210. The van der Waals surface area contributed by atoms with Crippen molar-refractivity contribution in [1.82, 2.24) is 9.47 Å². The number of benzene rings is 3. The van der Waals surface area contributed by atoms with Gasteiger partial charge in [-0.3, -0.25) is 9.59 Å². The summed E-state index contributed by atoms with van der Waals surface area (Å²) in [6, 6.07) is 23.3. The number of carbonyl (C=O) groups excluding carboxylic acids is 1. The smallest absolute Gasteiger partial charge is 0.259 e. The van der Waals surface area contributed by atoms with Crippen LogP contribution in [0.5, 0.6) is 0 Å². The number of aromatic nitrogens is 1. The third-order valence-corrected chi connectivity index (χ3v) is 5.10. The van der Waals surface area contributed by atoms with Crippen molar-refractivity contribution in [2.24, 2.45) is 7.05 Å². The van der Waals surface area contributed by atoms with Crippen molar-refractivity contribution in [3.8, 4) is 0 Å². The van der Waals surface area contributed by atoms with Crippen molar-refractivity contribution in [2.75, 3.05) is 0 Å². The van der Waals surface area contributed by atoms with Crippen molar-refractivity contribution in [2.45, 2.75) is 13.1 Å². The summed E-state index contributed by atoms with van der Waals surface area (Å²) in [6.07, 6.45) is 1.54. The van der Waals surface area contributed by atoms with E-state index in [1.807, 2.05) is 60.7 Å². The summed E-state index contributed by atoms with van der Waals surface area (Å²) in [5, 5.41) is 0.197. The van der Waals surface area contributed by atoms with Crippen molar-refractivity contribution < 1.29 is 9.18 Å². The van der Waals surface area contributed by atoms with Gasteiger partial charge in [-0.1, -0.05) is 60.7 Å². The van der Waals surface area contributed by atoms with Gasteiger partial charge in [-0.25, -0.2) is 4.39 Å². The quantitative estimate of drug-likeness (QED) is 0.494. The summed E-state index contributed by atoms with van der Waals surface area (Å²) in [5.41, 5.74) is 2.08. The zero-order valence-corrected chi connectivity index (χ0v) is 16.6. The summed E-state index contributed by atoms with van der Waals surface area (Å²) in [5.74, 6) is -0.885. The van der Waals surface area contributed by atoms with Crippen LogP contribution >= 0.6 is 0 Å². The highest BCUT2D eigenvalue weighted by atomic mass is 19.1. The van der Waals surface area contributed by atoms with E-state index in [0.717, 1.165) is 11.1 Å². The third-order valence-electron chi connectivity index (χ3n) is 5.10. The Morgan fingerprint density at radius 1 is 0.900 bits per heavy atom. The Labute approximate surface area is 173 Å². The first-order valence-corrected chi connectivity index (χ1v) is 9.69. The Morgan fingerprint density at radius 2 is 1.47 bits per heavy atom. The highest BCUT2D eigenvalue weighted by Gasteiger charge is 2.21. The van der Waals surface area contributed by atoms with Gasteiger partial charge in [0.25, 0.3) is 5.91 Å². The molecule has 0 aliphatic heterocycles. The summed E-state index contributed by atoms with van der Waals surface area (Å²) in [7, 11) is 1.75. The number of halogens is 1. The molecule has 0 saturated heterocycles. The lowest BCUT2D eigenvalue weighted by Gasteiger charge is -2.23. The molecule has 4 nitrogen and oxygen atoms in total. The lowest BCUT2D eigenvalue weighted by molar-refractivity contribution is 0.0728. The summed E-state index contributed by atoms with van der Waals surface area (Å²) in [4.78, 5) is 28.2. The van der Waals surface area contributed by atoms with Crippen molar-refractivity contribution in [3.63, 3.8) is 0 Å². The number of nitrogens with zero attached hydrogens (tertiary/aromatic N) is 2. The maximum Gasteiger partial charge on any atom is 0.259 e. The minimum Gasteiger partial charge on any atom is -0.350 e. The van der Waals surface area contributed by atoms with Gasteiger partial charge in [0, 0.05) is 31.7 Å². The number of amides is 1. The van der Waals surface area contributed by atoms with E-state index in [0.29, 0.717) is 18.6 Å². The second-order valence-electron chi connectivity index (χ2n) is 7.28. The van der Waals surface area contributed by atoms with Gasteiger partial charge in [0.05, 0.1) is 5.52 Å². The van der Waals surface area contributed by atoms with E-state index >= 15 is 0 Å². The minimum atomic E-state index is -0.505. The maximum atomic E-state index is 13.8. The van der Waals surface area contributed by atoms with Crippen LogP contribution in [0.15, 0.2) is 89.9 Å². The van der Waals surface area contributed by atoms with E-state index in [4.69, 9.17) is 0 Å². The molecule has 0 saturated carbocycles. The van der Waals surface area contributed by atoms with Crippen LogP contribution in [0.2, 0.25) is 0 Å². The molecule has 1 aromatic heterocycles. The molecule has 30 heavy (non-hydrogen) atoms. The number of aryl methyl sites for hydroxylation is 1. The SMILES string of the molecule is Cn1cc(C(=O)N(Cc2ccccc2)Cc2ccccc2)c(=O)c2cc(F)ccc21. The Morgan fingerprint density at radius 3 is 2.03 bits per heavy atom. The lowest BCUT2D eigenvalue weighted by Crippen LogP contribution is -2.34. The second kappa shape index (κ2) is 8.33. The van der Waals surface area contributed by atoms with Crippen molar-refractivity contribution in [3.05, 3.63) is 118 Å². The molecule has 5 heteroatoms. The van der Waals surface area contributed by atoms with Crippen LogP contribution in [0.4, 0.5) is 4.39 Å². The molecule has 4 rings (SSSR count). The molecule has 1 heterocycles. The molecule has 4 aromatic rings. The van der Waals surface area contributed by atoms with Crippen LogP contribution < -0.4 is 5.43 Å². The Hall–Kier alpha value is -3.73. The number of pyridine rings is 1. The molecule has 0 aliphatic carbocycles. The predicted molar refractivity (Wildman–Crippen MR) is 116 cm³/mol. The Balaban J connectivity index is 1.77. The number of fused-ring (bicyclic) bond motifs is 1. The topological polar surface area (TPSA) is 42.3 Å².